The van der Waals surface area contributed by atoms with Crippen LogP contribution in [0.5, 0.6) is 11.5 Å². The van der Waals surface area contributed by atoms with E-state index in [1.54, 1.807) is 0 Å². The highest BCUT2D eigenvalue weighted by Crippen LogP contribution is 2.45. The second-order valence-corrected chi connectivity index (χ2v) is 23.6. The maximum absolute atomic E-state index is 9.37. The molecule has 6 nitrogen and oxygen atoms in total. The highest BCUT2D eigenvalue weighted by molar-refractivity contribution is 6.99. The Morgan fingerprint density at radius 2 is 1.10 bits per heavy atom. The first-order valence-electron chi connectivity index (χ1n) is 24.5. The van der Waals surface area contributed by atoms with E-state index in [1.807, 2.05) is 31.1 Å². The monoisotopic (exact) mass is 908 g/mol. The Labute approximate surface area is 410 Å². The summed E-state index contributed by atoms with van der Waals surface area (Å²) in [4.78, 5) is 9.65. The molecule has 0 saturated heterocycles. The summed E-state index contributed by atoms with van der Waals surface area (Å²) in [6, 6.07) is 51.3. The van der Waals surface area contributed by atoms with Crippen LogP contribution in [0.3, 0.4) is 0 Å². The number of rotatable bonds is 4. The second-order valence-electron chi connectivity index (χ2n) is 23.6. The Kier molecular flexibility index (Phi) is 10.7. The van der Waals surface area contributed by atoms with Gasteiger partial charge in [-0.15, -0.1) is 0 Å². The molecule has 7 heteroatoms. The third-order valence-electron chi connectivity index (χ3n) is 14.3. The molecule has 0 spiro atoms. The summed E-state index contributed by atoms with van der Waals surface area (Å²) in [6.07, 6.45) is 0. The van der Waals surface area contributed by atoms with Crippen LogP contribution in [0.1, 0.15) is 116 Å². The van der Waals surface area contributed by atoms with Crippen molar-refractivity contribution in [3.63, 3.8) is 0 Å². The van der Waals surface area contributed by atoms with Crippen molar-refractivity contribution in [2.24, 2.45) is 4.99 Å². The second kappa shape index (κ2) is 16.1. The number of nitrogens with one attached hydrogen (secondary N) is 1. The molecule has 69 heavy (non-hydrogen) atoms. The molecule has 8 aromatic rings. The molecular formula is C62H66BN5O. The Bertz CT molecular complexity index is 3380. The number of aliphatic imine (C=N–C) groups is 1. The molecule has 0 saturated carbocycles. The molecule has 0 amide bonds. The lowest BCUT2D eigenvalue weighted by molar-refractivity contribution is 0.486. The predicted octanol–water partition coefficient (Wildman–Crippen LogP) is 13.7. The summed E-state index contributed by atoms with van der Waals surface area (Å²) in [5, 5.41) is 11.6. The van der Waals surface area contributed by atoms with Crippen LogP contribution in [-0.4, -0.2) is 41.9 Å². The summed E-state index contributed by atoms with van der Waals surface area (Å²) in [5.74, 6) is 2.65. The summed E-state index contributed by atoms with van der Waals surface area (Å²) in [5.41, 5.74) is 16.8. The lowest BCUT2D eigenvalue weighted by Crippen LogP contribution is -2.60. The number of hydrogen-bond donors (Lipinski definition) is 1. The SMILES string of the molecule is CN(C)C(=NC(=N)c1ccc(C(C)(C)C)cc1)c1cccc2c3ccccc3n(-c3cc4c5c(c3)N(c3ccc(C(C)(C)C)cc3)c3ccc(C(C)(C)C)cc3B5c3cc(C(C)(C)C)ccc3O4)c12. The van der Waals surface area contributed by atoms with Gasteiger partial charge in [0.1, 0.15) is 17.3 Å². The minimum Gasteiger partial charge on any atom is -0.458 e. The maximum Gasteiger partial charge on any atom is 0.256 e. The first-order valence-corrected chi connectivity index (χ1v) is 24.5. The van der Waals surface area contributed by atoms with E-state index in [4.69, 9.17) is 9.73 Å². The van der Waals surface area contributed by atoms with Crippen LogP contribution >= 0.6 is 0 Å². The van der Waals surface area contributed by atoms with Gasteiger partial charge in [0, 0.05) is 59.1 Å². The average molecular weight is 908 g/mol. The van der Waals surface area contributed by atoms with E-state index in [2.05, 4.69) is 220 Å². The molecule has 0 radical (unpaired) electrons. The molecule has 0 bridgehead atoms. The van der Waals surface area contributed by atoms with Crippen molar-refractivity contribution in [2.45, 2.75) is 105 Å². The van der Waals surface area contributed by atoms with Gasteiger partial charge in [0.15, 0.2) is 5.84 Å². The molecule has 0 aliphatic carbocycles. The van der Waals surface area contributed by atoms with Crippen molar-refractivity contribution in [2.75, 3.05) is 19.0 Å². The third-order valence-corrected chi connectivity index (χ3v) is 14.3. The van der Waals surface area contributed by atoms with Gasteiger partial charge < -0.3 is 19.1 Å². The fourth-order valence-electron chi connectivity index (χ4n) is 10.4. The third kappa shape index (κ3) is 7.94. The lowest BCUT2D eigenvalue weighted by atomic mass is 9.33. The maximum atomic E-state index is 9.37. The van der Waals surface area contributed by atoms with Crippen LogP contribution in [0.15, 0.2) is 145 Å². The van der Waals surface area contributed by atoms with Gasteiger partial charge in [-0.05, 0) is 103 Å². The van der Waals surface area contributed by atoms with E-state index in [9.17, 15) is 5.41 Å². The van der Waals surface area contributed by atoms with Crippen molar-refractivity contribution in [3.05, 3.63) is 173 Å². The van der Waals surface area contributed by atoms with E-state index in [1.165, 1.54) is 44.3 Å². The predicted molar refractivity (Wildman–Crippen MR) is 295 cm³/mol. The molecular weight excluding hydrogens is 842 g/mol. The number of nitrogens with zero attached hydrogens (tertiary/aromatic N) is 4. The Morgan fingerprint density at radius 1 is 0.536 bits per heavy atom. The normalized spacial score (nSPS) is 13.9. The minimum atomic E-state index is -0.0674. The standard InChI is InChI=1S/C62H66BN5O/c1-59(2,3)39-24-22-38(23-25-39)57(64)65-58(66(13)14)47-20-17-19-46-45-18-15-16-21-50(45)68(56(46)47)44-36-52-55-54(37-44)69-53-33-29-42(62(10,11)12)35-49(53)63(55)48-34-41(61(7,8)9)28-32-51(48)67(52)43-30-26-40(27-31-43)60(4,5)6/h15-37,64H,1-14H3. The minimum absolute atomic E-state index is 0.00472. The number of benzene rings is 7. The number of amidine groups is 2. The Balaban J connectivity index is 1.26. The van der Waals surface area contributed by atoms with Gasteiger partial charge in [-0.3, -0.25) is 5.41 Å². The quantitative estimate of drug-likeness (QED) is 0.109. The number of fused-ring (bicyclic) bond motifs is 7. The van der Waals surface area contributed by atoms with E-state index in [0.717, 1.165) is 61.5 Å². The van der Waals surface area contributed by atoms with Crippen LogP contribution in [0.2, 0.25) is 0 Å². The van der Waals surface area contributed by atoms with Crippen LogP contribution < -0.4 is 26.0 Å². The highest BCUT2D eigenvalue weighted by atomic mass is 16.5. The lowest BCUT2D eigenvalue weighted by Gasteiger charge is -2.41. The molecule has 2 aliphatic heterocycles. The first kappa shape index (κ1) is 45.9. The average Bonchev–Trinajstić information content (AvgIpc) is 3.64. The summed E-state index contributed by atoms with van der Waals surface area (Å²) in [7, 11) is 4.04. The van der Waals surface area contributed by atoms with Crippen LogP contribution in [0, 0.1) is 5.41 Å². The Morgan fingerprint density at radius 3 is 1.72 bits per heavy atom. The van der Waals surface area contributed by atoms with Gasteiger partial charge in [-0.25, -0.2) is 4.99 Å². The van der Waals surface area contributed by atoms with Crippen molar-refractivity contribution in [1.82, 2.24) is 9.47 Å². The zero-order chi connectivity index (χ0) is 49.1. The van der Waals surface area contributed by atoms with Crippen molar-refractivity contribution >= 4 is 73.6 Å². The Hall–Kier alpha value is -6.86. The molecule has 0 unspecified atom stereocenters. The number of anilines is 3. The first-order chi connectivity index (χ1) is 32.5. The zero-order valence-electron chi connectivity index (χ0n) is 43.1. The largest absolute Gasteiger partial charge is 0.458 e. The molecule has 348 valence electrons. The zero-order valence-corrected chi connectivity index (χ0v) is 43.1. The number of para-hydroxylation sites is 2. The van der Waals surface area contributed by atoms with Gasteiger partial charge in [0.2, 0.25) is 0 Å². The summed E-state index contributed by atoms with van der Waals surface area (Å²) >= 11 is 0. The van der Waals surface area contributed by atoms with Crippen molar-refractivity contribution in [3.8, 4) is 17.2 Å². The van der Waals surface area contributed by atoms with Crippen LogP contribution in [0.4, 0.5) is 17.1 Å². The van der Waals surface area contributed by atoms with Gasteiger partial charge >= 0.3 is 0 Å². The van der Waals surface area contributed by atoms with Gasteiger partial charge in [-0.2, -0.15) is 0 Å². The molecule has 7 aromatic carbocycles. The van der Waals surface area contributed by atoms with Gasteiger partial charge in [-0.1, -0.05) is 174 Å². The molecule has 3 heterocycles. The molecule has 0 fully saturated rings. The summed E-state index contributed by atoms with van der Waals surface area (Å²) < 4.78 is 9.66. The van der Waals surface area contributed by atoms with Crippen LogP contribution in [0.25, 0.3) is 27.5 Å². The molecule has 0 atom stereocenters. The van der Waals surface area contributed by atoms with E-state index < -0.39 is 0 Å². The van der Waals surface area contributed by atoms with Gasteiger partial charge in [0.25, 0.3) is 6.71 Å². The topological polar surface area (TPSA) is 56.9 Å². The number of aromatic nitrogens is 1. The number of ether oxygens (including phenoxy) is 1. The van der Waals surface area contributed by atoms with Crippen LogP contribution in [-0.2, 0) is 21.7 Å². The van der Waals surface area contributed by atoms with E-state index >= 15 is 0 Å². The van der Waals surface area contributed by atoms with E-state index in [0.29, 0.717) is 5.84 Å². The van der Waals surface area contributed by atoms with Gasteiger partial charge in [0.05, 0.1) is 16.7 Å². The van der Waals surface area contributed by atoms with Crippen molar-refractivity contribution in [1.29, 1.82) is 5.41 Å². The highest BCUT2D eigenvalue weighted by Gasteiger charge is 2.43. The fraction of sp³-hybridized carbons (Fsp3) is 0.290. The molecule has 1 N–H and O–H groups in total. The summed E-state index contributed by atoms with van der Waals surface area (Å²) in [6.45, 7) is 27.2. The van der Waals surface area contributed by atoms with Crippen molar-refractivity contribution < 1.29 is 4.74 Å². The molecule has 1 aromatic heterocycles. The van der Waals surface area contributed by atoms with E-state index in [-0.39, 0.29) is 34.2 Å². The number of hydrogen-bond acceptors (Lipinski definition) is 3. The molecule has 2 aliphatic rings. The smallest absolute Gasteiger partial charge is 0.256 e. The fourth-order valence-corrected chi connectivity index (χ4v) is 10.4. The molecule has 10 rings (SSSR count).